The van der Waals surface area contributed by atoms with Crippen LogP contribution in [0.25, 0.3) is 0 Å². The van der Waals surface area contributed by atoms with Gasteiger partial charge in [0.25, 0.3) is 0 Å². The number of rotatable bonds is 5. The number of nitrogens with two attached hydrogens (primary N) is 1. The van der Waals surface area contributed by atoms with Crippen LogP contribution in [0.4, 0.5) is 5.69 Å². The second kappa shape index (κ2) is 6.05. The maximum absolute atomic E-state index is 5.87. The second-order valence-corrected chi connectivity index (χ2v) is 5.14. The van der Waals surface area contributed by atoms with Gasteiger partial charge in [0.15, 0.2) is 0 Å². The highest BCUT2D eigenvalue weighted by Crippen LogP contribution is 2.25. The molecule has 0 saturated heterocycles. The van der Waals surface area contributed by atoms with Crippen molar-refractivity contribution in [1.29, 1.82) is 0 Å². The molecular formula is C15H19N3OS. The third-order valence-electron chi connectivity index (χ3n) is 3.20. The van der Waals surface area contributed by atoms with Gasteiger partial charge < -0.3 is 15.1 Å². The van der Waals surface area contributed by atoms with Crippen molar-refractivity contribution in [2.24, 2.45) is 5.73 Å². The van der Waals surface area contributed by atoms with E-state index in [1.165, 1.54) is 0 Å². The maximum atomic E-state index is 5.87. The molecule has 0 unspecified atom stereocenters. The molecule has 0 bridgehead atoms. The van der Waals surface area contributed by atoms with Crippen molar-refractivity contribution in [2.45, 2.75) is 27.3 Å². The molecule has 0 saturated carbocycles. The highest BCUT2D eigenvalue weighted by molar-refractivity contribution is 7.80. The standard InChI is InChI=1S/C15H19N3OS/c1-4-18(9-12-6-5-7-19-12)13-8-10(2)17-11(3)14(13)15(16)20/h5-8H,4,9H2,1-3H3,(H2,16,20). The van der Waals surface area contributed by atoms with Crippen LogP contribution in [-0.4, -0.2) is 16.5 Å². The zero-order chi connectivity index (χ0) is 14.7. The largest absolute Gasteiger partial charge is 0.467 e. The minimum absolute atomic E-state index is 0.378. The van der Waals surface area contributed by atoms with Crippen molar-refractivity contribution in [3.05, 3.63) is 47.2 Å². The zero-order valence-electron chi connectivity index (χ0n) is 12.0. The number of hydrogen-bond acceptors (Lipinski definition) is 4. The SMILES string of the molecule is CCN(Cc1ccco1)c1cc(C)nc(C)c1C(N)=S. The summed E-state index contributed by atoms with van der Waals surface area (Å²) in [5, 5.41) is 0. The summed E-state index contributed by atoms with van der Waals surface area (Å²) in [5.74, 6) is 0.910. The first kappa shape index (κ1) is 14.5. The van der Waals surface area contributed by atoms with Gasteiger partial charge in [-0.3, -0.25) is 4.98 Å². The normalized spacial score (nSPS) is 10.6. The predicted molar refractivity (Wildman–Crippen MR) is 85.0 cm³/mol. The summed E-state index contributed by atoms with van der Waals surface area (Å²) in [4.78, 5) is 7.02. The van der Waals surface area contributed by atoms with Gasteiger partial charge in [-0.05, 0) is 39.0 Å². The number of pyridine rings is 1. The summed E-state index contributed by atoms with van der Waals surface area (Å²) in [5.41, 5.74) is 9.55. The Morgan fingerprint density at radius 1 is 1.45 bits per heavy atom. The third kappa shape index (κ3) is 2.99. The van der Waals surface area contributed by atoms with E-state index < -0.39 is 0 Å². The Morgan fingerprint density at radius 3 is 2.75 bits per heavy atom. The fourth-order valence-electron chi connectivity index (χ4n) is 2.32. The van der Waals surface area contributed by atoms with Crippen LogP contribution < -0.4 is 10.6 Å². The lowest BCUT2D eigenvalue weighted by molar-refractivity contribution is 0.503. The number of aromatic nitrogens is 1. The van der Waals surface area contributed by atoms with Crippen molar-refractivity contribution in [2.75, 3.05) is 11.4 Å². The topological polar surface area (TPSA) is 55.3 Å². The Morgan fingerprint density at radius 2 is 2.20 bits per heavy atom. The summed E-state index contributed by atoms with van der Waals surface area (Å²) in [6.07, 6.45) is 1.68. The van der Waals surface area contributed by atoms with Gasteiger partial charge in [0.05, 0.1) is 24.1 Å². The minimum Gasteiger partial charge on any atom is -0.467 e. The van der Waals surface area contributed by atoms with Crippen LogP contribution in [0.1, 0.15) is 29.6 Å². The van der Waals surface area contributed by atoms with Gasteiger partial charge in [-0.1, -0.05) is 12.2 Å². The third-order valence-corrected chi connectivity index (χ3v) is 3.41. The lowest BCUT2D eigenvalue weighted by atomic mass is 10.1. The average molecular weight is 289 g/mol. The van der Waals surface area contributed by atoms with Gasteiger partial charge in [0, 0.05) is 17.9 Å². The molecule has 2 rings (SSSR count). The van der Waals surface area contributed by atoms with Crippen LogP contribution in [0.2, 0.25) is 0 Å². The lowest BCUT2D eigenvalue weighted by Gasteiger charge is -2.25. The summed E-state index contributed by atoms with van der Waals surface area (Å²) in [6, 6.07) is 5.87. The molecule has 0 aromatic carbocycles. The van der Waals surface area contributed by atoms with Crippen LogP contribution in [0.3, 0.4) is 0 Å². The number of hydrogen-bond donors (Lipinski definition) is 1. The molecule has 0 aliphatic carbocycles. The highest BCUT2D eigenvalue weighted by Gasteiger charge is 2.17. The monoisotopic (exact) mass is 289 g/mol. The van der Waals surface area contributed by atoms with E-state index in [-0.39, 0.29) is 0 Å². The van der Waals surface area contributed by atoms with Crippen LogP contribution in [-0.2, 0) is 6.54 Å². The Balaban J connectivity index is 2.45. The Kier molecular flexibility index (Phi) is 4.39. The Bertz CT molecular complexity index is 608. The first-order chi connectivity index (χ1) is 9.52. The molecule has 0 atom stereocenters. The van der Waals surface area contributed by atoms with E-state index in [9.17, 15) is 0 Å². The van der Waals surface area contributed by atoms with Gasteiger partial charge in [0.1, 0.15) is 10.7 Å². The van der Waals surface area contributed by atoms with E-state index in [2.05, 4.69) is 16.8 Å². The van der Waals surface area contributed by atoms with Crippen molar-refractivity contribution in [3.8, 4) is 0 Å². The van der Waals surface area contributed by atoms with E-state index in [1.54, 1.807) is 6.26 Å². The molecule has 2 heterocycles. The van der Waals surface area contributed by atoms with E-state index in [4.69, 9.17) is 22.4 Å². The second-order valence-electron chi connectivity index (χ2n) is 4.70. The fraction of sp³-hybridized carbons (Fsp3) is 0.333. The fourth-order valence-corrected chi connectivity index (χ4v) is 2.57. The van der Waals surface area contributed by atoms with E-state index >= 15 is 0 Å². The molecule has 0 spiro atoms. The summed E-state index contributed by atoms with van der Waals surface area (Å²) >= 11 is 5.18. The van der Waals surface area contributed by atoms with Gasteiger partial charge >= 0.3 is 0 Å². The number of nitrogens with zero attached hydrogens (tertiary/aromatic N) is 2. The van der Waals surface area contributed by atoms with Crippen LogP contribution in [0, 0.1) is 13.8 Å². The molecule has 106 valence electrons. The quantitative estimate of drug-likeness (QED) is 0.858. The van der Waals surface area contributed by atoms with Crippen LogP contribution in [0.5, 0.6) is 0 Å². The lowest BCUT2D eigenvalue weighted by Crippen LogP contribution is -2.26. The van der Waals surface area contributed by atoms with Crippen molar-refractivity contribution in [1.82, 2.24) is 4.98 Å². The van der Waals surface area contributed by atoms with Crippen LogP contribution >= 0.6 is 12.2 Å². The number of thiocarbonyl (C=S) groups is 1. The van der Waals surface area contributed by atoms with Gasteiger partial charge in [-0.2, -0.15) is 0 Å². The number of aryl methyl sites for hydroxylation is 2. The van der Waals surface area contributed by atoms with Crippen molar-refractivity contribution < 1.29 is 4.42 Å². The van der Waals surface area contributed by atoms with Crippen molar-refractivity contribution in [3.63, 3.8) is 0 Å². The first-order valence-corrected chi connectivity index (χ1v) is 6.99. The predicted octanol–water partition coefficient (Wildman–Crippen LogP) is 2.95. The molecule has 0 radical (unpaired) electrons. The first-order valence-electron chi connectivity index (χ1n) is 6.58. The molecule has 0 aliphatic rings. The molecular weight excluding hydrogens is 270 g/mol. The molecule has 4 nitrogen and oxygen atoms in total. The maximum Gasteiger partial charge on any atom is 0.123 e. The Labute approximate surface area is 124 Å². The van der Waals surface area contributed by atoms with Gasteiger partial charge in [-0.25, -0.2) is 0 Å². The molecule has 2 aromatic rings. The van der Waals surface area contributed by atoms with Gasteiger partial charge in [0.2, 0.25) is 0 Å². The molecule has 20 heavy (non-hydrogen) atoms. The van der Waals surface area contributed by atoms with Crippen molar-refractivity contribution >= 4 is 22.9 Å². The summed E-state index contributed by atoms with van der Waals surface area (Å²) < 4.78 is 5.43. The van der Waals surface area contributed by atoms with Crippen LogP contribution in [0.15, 0.2) is 28.9 Å². The molecule has 5 heteroatoms. The molecule has 0 fully saturated rings. The van der Waals surface area contributed by atoms with E-state index in [0.29, 0.717) is 11.5 Å². The minimum atomic E-state index is 0.378. The highest BCUT2D eigenvalue weighted by atomic mass is 32.1. The zero-order valence-corrected chi connectivity index (χ0v) is 12.8. The Hall–Kier alpha value is -1.88. The average Bonchev–Trinajstić information content (AvgIpc) is 2.87. The molecule has 0 aliphatic heterocycles. The smallest absolute Gasteiger partial charge is 0.123 e. The summed E-state index contributed by atoms with van der Waals surface area (Å²) in [6.45, 7) is 7.52. The number of anilines is 1. The summed E-state index contributed by atoms with van der Waals surface area (Å²) in [7, 11) is 0. The number of furan rings is 1. The van der Waals surface area contributed by atoms with E-state index in [0.717, 1.165) is 34.9 Å². The van der Waals surface area contributed by atoms with E-state index in [1.807, 2.05) is 32.0 Å². The molecule has 2 N–H and O–H groups in total. The van der Waals surface area contributed by atoms with Gasteiger partial charge in [-0.15, -0.1) is 0 Å². The molecule has 0 amide bonds. The molecule has 2 aromatic heterocycles.